The van der Waals surface area contributed by atoms with Crippen molar-refractivity contribution in [3.8, 4) is 0 Å². The van der Waals surface area contributed by atoms with Gasteiger partial charge in [0, 0.05) is 13.1 Å². The van der Waals surface area contributed by atoms with Crippen LogP contribution < -0.4 is 10.6 Å². The fraction of sp³-hybridized carbons (Fsp3) is 0.917. The monoisotopic (exact) mass is 227 g/mol. The molecule has 1 aliphatic rings. The van der Waals surface area contributed by atoms with Gasteiger partial charge < -0.3 is 15.5 Å². The van der Waals surface area contributed by atoms with Crippen molar-refractivity contribution in [3.63, 3.8) is 0 Å². The largest absolute Gasteiger partial charge is 0.353 e. The number of likely N-dealkylation sites (N-methyl/N-ethyl adjacent to an activating group) is 1. The number of carbonyl (C=O) groups is 1. The van der Waals surface area contributed by atoms with Gasteiger partial charge in [-0.2, -0.15) is 0 Å². The van der Waals surface area contributed by atoms with E-state index in [1.165, 1.54) is 0 Å². The van der Waals surface area contributed by atoms with Crippen molar-refractivity contribution in [3.05, 3.63) is 0 Å². The summed E-state index contributed by atoms with van der Waals surface area (Å²) in [4.78, 5) is 14.2. The molecular weight excluding hydrogens is 202 g/mol. The average Bonchev–Trinajstić information content (AvgIpc) is 2.72. The number of amides is 1. The quantitative estimate of drug-likeness (QED) is 0.698. The molecule has 1 atom stereocenters. The lowest BCUT2D eigenvalue weighted by atomic mass is 9.99. The number of nitrogens with zero attached hydrogens (tertiary/aromatic N) is 1. The second-order valence-corrected chi connectivity index (χ2v) is 4.65. The molecule has 1 unspecified atom stereocenters. The highest BCUT2D eigenvalue weighted by atomic mass is 16.2. The maximum absolute atomic E-state index is 11.9. The van der Waals surface area contributed by atoms with Crippen LogP contribution in [0.25, 0.3) is 0 Å². The predicted octanol–water partition coefficient (Wildman–Crippen LogP) is 0.587. The molecule has 2 N–H and O–H groups in total. The number of nitrogens with one attached hydrogen (secondary N) is 2. The molecule has 1 aliphatic heterocycles. The Labute approximate surface area is 98.8 Å². The first-order chi connectivity index (χ1) is 7.62. The Morgan fingerprint density at radius 1 is 1.44 bits per heavy atom. The summed E-state index contributed by atoms with van der Waals surface area (Å²) in [5.74, 6) is 0.150. The first-order valence-corrected chi connectivity index (χ1v) is 6.38. The molecule has 1 heterocycles. The summed E-state index contributed by atoms with van der Waals surface area (Å²) < 4.78 is 0. The SMILES string of the molecule is CCN(CC)CCNC(=O)C1(C)CCCN1. The first kappa shape index (κ1) is 13.5. The van der Waals surface area contributed by atoms with E-state index in [-0.39, 0.29) is 11.4 Å². The van der Waals surface area contributed by atoms with E-state index in [9.17, 15) is 4.79 Å². The molecule has 0 spiro atoms. The van der Waals surface area contributed by atoms with Gasteiger partial charge in [-0.15, -0.1) is 0 Å². The standard InChI is InChI=1S/C12H25N3O/c1-4-15(5-2)10-9-13-11(16)12(3)7-6-8-14-12/h14H,4-10H2,1-3H3,(H,13,16). The predicted molar refractivity (Wildman–Crippen MR) is 66.4 cm³/mol. The van der Waals surface area contributed by atoms with Crippen LogP contribution in [0.2, 0.25) is 0 Å². The van der Waals surface area contributed by atoms with Crippen LogP contribution in [0.4, 0.5) is 0 Å². The molecular formula is C12H25N3O. The van der Waals surface area contributed by atoms with E-state index in [4.69, 9.17) is 0 Å². The number of hydrogen-bond donors (Lipinski definition) is 2. The van der Waals surface area contributed by atoms with Gasteiger partial charge in [0.15, 0.2) is 0 Å². The third-order valence-corrected chi connectivity index (χ3v) is 3.48. The normalized spacial score (nSPS) is 25.0. The van der Waals surface area contributed by atoms with Crippen LogP contribution in [0.1, 0.15) is 33.6 Å². The van der Waals surface area contributed by atoms with Crippen molar-refractivity contribution in [1.82, 2.24) is 15.5 Å². The molecule has 1 rings (SSSR count). The zero-order valence-electron chi connectivity index (χ0n) is 10.8. The molecule has 0 aromatic heterocycles. The van der Waals surface area contributed by atoms with Crippen molar-refractivity contribution in [2.24, 2.45) is 0 Å². The van der Waals surface area contributed by atoms with E-state index < -0.39 is 0 Å². The summed E-state index contributed by atoms with van der Waals surface area (Å²) in [7, 11) is 0. The van der Waals surface area contributed by atoms with Crippen LogP contribution in [-0.4, -0.2) is 49.1 Å². The third kappa shape index (κ3) is 3.46. The number of rotatable bonds is 6. The van der Waals surface area contributed by atoms with Gasteiger partial charge in [-0.1, -0.05) is 13.8 Å². The highest BCUT2D eigenvalue weighted by molar-refractivity contribution is 5.86. The Kier molecular flexibility index (Phi) is 5.22. The second-order valence-electron chi connectivity index (χ2n) is 4.65. The minimum absolute atomic E-state index is 0.150. The summed E-state index contributed by atoms with van der Waals surface area (Å²) in [5, 5.41) is 6.29. The van der Waals surface area contributed by atoms with E-state index in [1.54, 1.807) is 0 Å². The van der Waals surface area contributed by atoms with E-state index in [2.05, 4.69) is 29.4 Å². The van der Waals surface area contributed by atoms with E-state index in [0.29, 0.717) is 0 Å². The van der Waals surface area contributed by atoms with Crippen molar-refractivity contribution in [1.29, 1.82) is 0 Å². The van der Waals surface area contributed by atoms with Gasteiger partial charge >= 0.3 is 0 Å². The molecule has 16 heavy (non-hydrogen) atoms. The Morgan fingerprint density at radius 3 is 2.62 bits per heavy atom. The van der Waals surface area contributed by atoms with Crippen LogP contribution in [0.3, 0.4) is 0 Å². The lowest BCUT2D eigenvalue weighted by Crippen LogP contribution is -2.52. The molecule has 0 radical (unpaired) electrons. The first-order valence-electron chi connectivity index (χ1n) is 6.38. The van der Waals surface area contributed by atoms with Gasteiger partial charge in [-0.25, -0.2) is 0 Å². The van der Waals surface area contributed by atoms with Crippen LogP contribution in [0.5, 0.6) is 0 Å². The van der Waals surface area contributed by atoms with Crippen molar-refractivity contribution >= 4 is 5.91 Å². The van der Waals surface area contributed by atoms with Crippen molar-refractivity contribution in [2.45, 2.75) is 39.2 Å². The number of carbonyl (C=O) groups excluding carboxylic acids is 1. The fourth-order valence-electron chi connectivity index (χ4n) is 2.15. The number of hydrogen-bond acceptors (Lipinski definition) is 3. The van der Waals surface area contributed by atoms with Gasteiger partial charge in [0.05, 0.1) is 5.54 Å². The van der Waals surface area contributed by atoms with Crippen molar-refractivity contribution < 1.29 is 4.79 Å². The smallest absolute Gasteiger partial charge is 0.240 e. The molecule has 0 saturated carbocycles. The van der Waals surface area contributed by atoms with Crippen LogP contribution >= 0.6 is 0 Å². The molecule has 1 fully saturated rings. The summed E-state index contributed by atoms with van der Waals surface area (Å²) in [6, 6.07) is 0. The average molecular weight is 227 g/mol. The maximum Gasteiger partial charge on any atom is 0.240 e. The molecule has 0 aliphatic carbocycles. The molecule has 0 aromatic carbocycles. The molecule has 94 valence electrons. The Bertz CT molecular complexity index is 220. The summed E-state index contributed by atoms with van der Waals surface area (Å²) in [6.45, 7) is 11.0. The van der Waals surface area contributed by atoms with E-state index in [1.807, 2.05) is 6.92 Å². The van der Waals surface area contributed by atoms with Gasteiger partial charge in [-0.3, -0.25) is 4.79 Å². The maximum atomic E-state index is 11.9. The minimum Gasteiger partial charge on any atom is -0.353 e. The third-order valence-electron chi connectivity index (χ3n) is 3.48. The zero-order chi connectivity index (χ0) is 12.0. The highest BCUT2D eigenvalue weighted by Gasteiger charge is 2.35. The topological polar surface area (TPSA) is 44.4 Å². The molecule has 4 heteroatoms. The van der Waals surface area contributed by atoms with Crippen LogP contribution in [0.15, 0.2) is 0 Å². The van der Waals surface area contributed by atoms with Gasteiger partial charge in [0.25, 0.3) is 0 Å². The molecule has 4 nitrogen and oxygen atoms in total. The lowest BCUT2D eigenvalue weighted by molar-refractivity contribution is -0.126. The molecule has 0 bridgehead atoms. The Hall–Kier alpha value is -0.610. The Balaban J connectivity index is 2.24. The van der Waals surface area contributed by atoms with E-state index in [0.717, 1.165) is 45.6 Å². The van der Waals surface area contributed by atoms with Crippen LogP contribution in [0, 0.1) is 0 Å². The van der Waals surface area contributed by atoms with Gasteiger partial charge in [0.2, 0.25) is 5.91 Å². The van der Waals surface area contributed by atoms with Crippen molar-refractivity contribution in [2.75, 3.05) is 32.7 Å². The van der Waals surface area contributed by atoms with Crippen LogP contribution in [-0.2, 0) is 4.79 Å². The summed E-state index contributed by atoms with van der Waals surface area (Å²) in [5.41, 5.74) is -0.330. The Morgan fingerprint density at radius 2 is 2.12 bits per heavy atom. The second kappa shape index (κ2) is 6.21. The fourth-order valence-corrected chi connectivity index (χ4v) is 2.15. The minimum atomic E-state index is -0.330. The molecule has 1 amide bonds. The van der Waals surface area contributed by atoms with E-state index >= 15 is 0 Å². The molecule has 1 saturated heterocycles. The highest BCUT2D eigenvalue weighted by Crippen LogP contribution is 2.18. The van der Waals surface area contributed by atoms with Gasteiger partial charge in [-0.05, 0) is 39.4 Å². The summed E-state index contributed by atoms with van der Waals surface area (Å²) >= 11 is 0. The van der Waals surface area contributed by atoms with Gasteiger partial charge in [0.1, 0.15) is 0 Å². The molecule has 0 aromatic rings. The summed E-state index contributed by atoms with van der Waals surface area (Å²) in [6.07, 6.45) is 2.05. The zero-order valence-corrected chi connectivity index (χ0v) is 10.8. The lowest BCUT2D eigenvalue weighted by Gasteiger charge is -2.24.